The lowest BCUT2D eigenvalue weighted by Gasteiger charge is -2.45. The average molecular weight is 403 g/mol. The number of carbonyl (C=O) groups excluding carboxylic acids is 2. The number of rotatable bonds is 2. The molecule has 31 heavy (non-hydrogen) atoms. The average Bonchev–Trinajstić information content (AvgIpc) is 3.08. The van der Waals surface area contributed by atoms with E-state index in [4.69, 9.17) is 5.26 Å². The van der Waals surface area contributed by atoms with Gasteiger partial charge in [-0.2, -0.15) is 15.4 Å². The number of nitrogens with zero attached hydrogens (tertiary/aromatic N) is 3. The van der Waals surface area contributed by atoms with E-state index in [2.05, 4.69) is 35.4 Å². The van der Waals surface area contributed by atoms with Crippen molar-refractivity contribution < 1.29 is 9.59 Å². The molecule has 2 atom stereocenters. The minimum atomic E-state index is -0.430. The Bertz CT molecular complexity index is 1200. The molecule has 3 aliphatic carbocycles. The van der Waals surface area contributed by atoms with Crippen molar-refractivity contribution in [1.82, 2.24) is 5.01 Å². The van der Waals surface area contributed by atoms with E-state index in [0.717, 1.165) is 32.8 Å². The molecule has 1 saturated heterocycles. The fourth-order valence-electron chi connectivity index (χ4n) is 5.54. The SMILES string of the molecule is N#Cc1ccc(/C=N\N2C(=O)[C@H]3C4c5ccccc5C(c5ccccc54)[C@@H]3C2=O)cc1. The Morgan fingerprint density at radius 2 is 1.19 bits per heavy atom. The van der Waals surface area contributed by atoms with Crippen LogP contribution in [0.2, 0.25) is 0 Å². The zero-order valence-corrected chi connectivity index (χ0v) is 16.5. The minimum Gasteiger partial charge on any atom is -0.272 e. The molecule has 0 aromatic heterocycles. The van der Waals surface area contributed by atoms with E-state index in [1.54, 1.807) is 24.3 Å². The Hall–Kier alpha value is -4.04. The lowest BCUT2D eigenvalue weighted by Crippen LogP contribution is -2.41. The molecule has 7 rings (SSSR count). The van der Waals surface area contributed by atoms with Gasteiger partial charge < -0.3 is 0 Å². The summed E-state index contributed by atoms with van der Waals surface area (Å²) in [6.45, 7) is 0. The Balaban J connectivity index is 1.42. The Kier molecular flexibility index (Phi) is 3.72. The molecule has 148 valence electrons. The predicted molar refractivity (Wildman–Crippen MR) is 114 cm³/mol. The molecule has 5 nitrogen and oxygen atoms in total. The van der Waals surface area contributed by atoms with Crippen molar-refractivity contribution in [1.29, 1.82) is 5.26 Å². The number of hydrazone groups is 1. The predicted octanol–water partition coefficient (Wildman–Crippen LogP) is 3.78. The Morgan fingerprint density at radius 3 is 1.61 bits per heavy atom. The molecule has 1 aliphatic heterocycles. The molecule has 0 N–H and O–H groups in total. The van der Waals surface area contributed by atoms with Crippen LogP contribution in [0, 0.1) is 23.2 Å². The van der Waals surface area contributed by atoms with E-state index in [1.165, 1.54) is 6.21 Å². The molecule has 3 aromatic rings. The van der Waals surface area contributed by atoms with Crippen LogP contribution in [0.5, 0.6) is 0 Å². The third kappa shape index (κ3) is 2.39. The maximum atomic E-state index is 13.4. The normalized spacial score (nSPS) is 25.3. The number of hydrogen-bond acceptors (Lipinski definition) is 4. The fourth-order valence-corrected chi connectivity index (χ4v) is 5.54. The number of carbonyl (C=O) groups is 2. The molecule has 3 aromatic carbocycles. The number of imide groups is 1. The first kappa shape index (κ1) is 17.8. The topological polar surface area (TPSA) is 73.5 Å². The highest BCUT2D eigenvalue weighted by molar-refractivity contribution is 6.08. The van der Waals surface area contributed by atoms with Gasteiger partial charge in [0.2, 0.25) is 0 Å². The van der Waals surface area contributed by atoms with Gasteiger partial charge >= 0.3 is 0 Å². The van der Waals surface area contributed by atoms with Crippen LogP contribution in [-0.4, -0.2) is 23.0 Å². The largest absolute Gasteiger partial charge is 0.272 e. The summed E-state index contributed by atoms with van der Waals surface area (Å²) in [4.78, 5) is 26.9. The Labute approximate surface area is 179 Å². The summed E-state index contributed by atoms with van der Waals surface area (Å²) in [5, 5.41) is 14.3. The van der Waals surface area contributed by atoms with Crippen LogP contribution in [0.15, 0.2) is 77.9 Å². The standard InChI is InChI=1S/C26H17N3O2/c27-13-15-9-11-16(12-10-15)14-28-29-25(30)23-21-17-5-1-2-6-18(17)22(24(23)26(29)31)20-8-4-3-7-19(20)21/h1-12,14,21-24H/b28-14-/t21?,22?,23-,24-/m0/s1. The van der Waals surface area contributed by atoms with E-state index in [9.17, 15) is 9.59 Å². The monoisotopic (exact) mass is 403 g/mol. The molecule has 0 spiro atoms. The fraction of sp³-hybridized carbons (Fsp3) is 0.154. The molecule has 0 radical (unpaired) electrons. The van der Waals surface area contributed by atoms with Crippen molar-refractivity contribution in [3.05, 3.63) is 106 Å². The number of amides is 2. The molecule has 4 aliphatic rings. The smallest absolute Gasteiger partial charge is 0.254 e. The summed E-state index contributed by atoms with van der Waals surface area (Å²) in [5.74, 6) is -1.60. The van der Waals surface area contributed by atoms with Crippen LogP contribution >= 0.6 is 0 Å². The van der Waals surface area contributed by atoms with Crippen molar-refractivity contribution in [3.8, 4) is 6.07 Å². The van der Waals surface area contributed by atoms with E-state index >= 15 is 0 Å². The molecule has 2 amide bonds. The van der Waals surface area contributed by atoms with E-state index in [1.807, 2.05) is 24.3 Å². The van der Waals surface area contributed by atoms with Crippen molar-refractivity contribution >= 4 is 18.0 Å². The van der Waals surface area contributed by atoms with Crippen LogP contribution < -0.4 is 0 Å². The first-order valence-electron chi connectivity index (χ1n) is 10.3. The van der Waals surface area contributed by atoms with Crippen molar-refractivity contribution in [2.45, 2.75) is 11.8 Å². The number of nitriles is 1. The summed E-state index contributed by atoms with van der Waals surface area (Å²) in [7, 11) is 0. The highest BCUT2D eigenvalue weighted by atomic mass is 16.2. The summed E-state index contributed by atoms with van der Waals surface area (Å²) in [6, 6.07) is 25.3. The van der Waals surface area contributed by atoms with Gasteiger partial charge in [0.25, 0.3) is 11.8 Å². The van der Waals surface area contributed by atoms with Crippen LogP contribution in [0.4, 0.5) is 0 Å². The molecule has 1 fully saturated rings. The van der Waals surface area contributed by atoms with Crippen LogP contribution in [-0.2, 0) is 9.59 Å². The van der Waals surface area contributed by atoms with Gasteiger partial charge in [-0.15, -0.1) is 0 Å². The van der Waals surface area contributed by atoms with E-state index in [0.29, 0.717) is 5.56 Å². The maximum Gasteiger partial charge on any atom is 0.254 e. The quantitative estimate of drug-likeness (QED) is 0.483. The highest BCUT2D eigenvalue weighted by Crippen LogP contribution is 2.60. The van der Waals surface area contributed by atoms with Crippen molar-refractivity contribution in [2.75, 3.05) is 0 Å². The van der Waals surface area contributed by atoms with Gasteiger partial charge in [-0.05, 0) is 39.9 Å². The third-order valence-electron chi connectivity index (χ3n) is 6.79. The third-order valence-corrected chi connectivity index (χ3v) is 6.79. The molecule has 1 heterocycles. The summed E-state index contributed by atoms with van der Waals surface area (Å²) in [5.41, 5.74) is 5.85. The van der Waals surface area contributed by atoms with Gasteiger partial charge in [-0.1, -0.05) is 60.7 Å². The van der Waals surface area contributed by atoms with Crippen molar-refractivity contribution in [2.24, 2.45) is 16.9 Å². The second-order valence-corrected chi connectivity index (χ2v) is 8.23. The molecule has 2 bridgehead atoms. The van der Waals surface area contributed by atoms with E-state index in [-0.39, 0.29) is 23.7 Å². The van der Waals surface area contributed by atoms with Crippen LogP contribution in [0.25, 0.3) is 0 Å². The van der Waals surface area contributed by atoms with Crippen LogP contribution in [0.1, 0.15) is 45.2 Å². The van der Waals surface area contributed by atoms with E-state index < -0.39 is 11.8 Å². The van der Waals surface area contributed by atoms with Gasteiger partial charge in [-0.3, -0.25) is 9.59 Å². The van der Waals surface area contributed by atoms with Crippen molar-refractivity contribution in [3.63, 3.8) is 0 Å². The number of benzene rings is 3. The second-order valence-electron chi connectivity index (χ2n) is 8.23. The molecular weight excluding hydrogens is 386 g/mol. The van der Waals surface area contributed by atoms with Gasteiger partial charge in [0, 0.05) is 11.8 Å². The summed E-state index contributed by atoms with van der Waals surface area (Å²) >= 11 is 0. The molecule has 0 unspecified atom stereocenters. The Morgan fingerprint density at radius 1 is 0.742 bits per heavy atom. The second kappa shape index (κ2) is 6.48. The summed E-state index contributed by atoms with van der Waals surface area (Å²) < 4.78 is 0. The van der Waals surface area contributed by atoms with Gasteiger partial charge in [0.05, 0.1) is 29.7 Å². The van der Waals surface area contributed by atoms with Gasteiger partial charge in [0.15, 0.2) is 0 Å². The molecule has 0 saturated carbocycles. The summed E-state index contributed by atoms with van der Waals surface area (Å²) in [6.07, 6.45) is 1.51. The lowest BCUT2D eigenvalue weighted by molar-refractivity contribution is -0.139. The number of hydrogen-bond donors (Lipinski definition) is 0. The van der Waals surface area contributed by atoms with Crippen LogP contribution in [0.3, 0.4) is 0 Å². The first-order chi connectivity index (χ1) is 15.2. The van der Waals surface area contributed by atoms with Gasteiger partial charge in [-0.25, -0.2) is 0 Å². The molecular formula is C26H17N3O2. The maximum absolute atomic E-state index is 13.4. The molecule has 5 heteroatoms. The zero-order valence-electron chi connectivity index (χ0n) is 16.5. The highest BCUT2D eigenvalue weighted by Gasteiger charge is 2.61. The first-order valence-corrected chi connectivity index (χ1v) is 10.3. The lowest BCUT2D eigenvalue weighted by atomic mass is 9.55. The van der Waals surface area contributed by atoms with Gasteiger partial charge in [0.1, 0.15) is 0 Å². The zero-order chi connectivity index (χ0) is 21.1. The minimum absolute atomic E-state index is 0.131.